The highest BCUT2D eigenvalue weighted by atomic mass is 35.5. The Hall–Kier alpha value is -2.09. The average molecular weight is 320 g/mol. The molecule has 0 atom stereocenters. The molecule has 0 spiro atoms. The smallest absolute Gasteiger partial charge is 0.151 e. The fourth-order valence-electron chi connectivity index (χ4n) is 2.26. The molecule has 0 saturated carbocycles. The quantitative estimate of drug-likeness (QED) is 0.656. The van der Waals surface area contributed by atoms with E-state index < -0.39 is 5.82 Å². The summed E-state index contributed by atoms with van der Waals surface area (Å²) < 4.78 is 15.5. The third-order valence-corrected chi connectivity index (χ3v) is 3.62. The van der Waals surface area contributed by atoms with Crippen molar-refractivity contribution in [3.63, 3.8) is 0 Å². The second kappa shape index (κ2) is 5.36. The number of rotatable bonds is 2. The zero-order valence-electron chi connectivity index (χ0n) is 10.6. The number of alkyl halides is 1. The number of fused-ring (bicyclic) bond motifs is 1. The maximum Gasteiger partial charge on any atom is 0.151 e. The van der Waals surface area contributed by atoms with Crippen molar-refractivity contribution < 1.29 is 4.39 Å². The van der Waals surface area contributed by atoms with Crippen LogP contribution in [0, 0.1) is 17.1 Å². The zero-order valence-corrected chi connectivity index (χ0v) is 12.2. The molecule has 0 bridgehead atoms. The number of hydrogen-bond acceptors (Lipinski definition) is 2. The molecule has 0 unspecified atom stereocenters. The first-order valence-corrected chi connectivity index (χ1v) is 6.98. The number of hydrogen-bond donors (Lipinski definition) is 0. The number of para-hydroxylation sites is 1. The summed E-state index contributed by atoms with van der Waals surface area (Å²) in [4.78, 5) is 4.22. The summed E-state index contributed by atoms with van der Waals surface area (Å²) in [7, 11) is 0. The summed E-state index contributed by atoms with van der Waals surface area (Å²) in [6.07, 6.45) is 0. The second-order valence-corrected chi connectivity index (χ2v) is 5.08. The van der Waals surface area contributed by atoms with E-state index in [1.165, 1.54) is 6.07 Å². The van der Waals surface area contributed by atoms with Gasteiger partial charge in [0.15, 0.2) is 5.82 Å². The number of nitriles is 1. The number of benzene rings is 2. The minimum Gasteiger partial charge on any atom is -0.294 e. The second-order valence-electron chi connectivity index (χ2n) is 4.38. The lowest BCUT2D eigenvalue weighted by Crippen LogP contribution is -2.02. The number of nitrogens with zero attached hydrogens (tertiary/aromatic N) is 3. The van der Waals surface area contributed by atoms with Crippen LogP contribution in [0.1, 0.15) is 11.4 Å². The van der Waals surface area contributed by atoms with E-state index in [1.54, 1.807) is 34.9 Å². The number of imidazole rings is 1. The summed E-state index contributed by atoms with van der Waals surface area (Å²) in [6.45, 7) is 0. The molecule has 0 N–H and O–H groups in total. The molecule has 21 heavy (non-hydrogen) atoms. The van der Waals surface area contributed by atoms with Crippen LogP contribution >= 0.6 is 23.2 Å². The molecule has 0 amide bonds. The fraction of sp³-hybridized carbons (Fsp3) is 0.0667. The van der Waals surface area contributed by atoms with Crippen LogP contribution < -0.4 is 0 Å². The first-order valence-electron chi connectivity index (χ1n) is 6.07. The van der Waals surface area contributed by atoms with E-state index in [2.05, 4.69) is 11.1 Å². The third-order valence-electron chi connectivity index (χ3n) is 3.15. The molecule has 0 fully saturated rings. The molecule has 1 heterocycles. The first-order chi connectivity index (χ1) is 10.2. The van der Waals surface area contributed by atoms with Crippen LogP contribution in [0.5, 0.6) is 0 Å². The van der Waals surface area contributed by atoms with Crippen LogP contribution in [0.2, 0.25) is 5.02 Å². The molecule has 3 nitrogen and oxygen atoms in total. The summed E-state index contributed by atoms with van der Waals surface area (Å²) in [5, 5.41) is 9.74. The predicted octanol–water partition coefficient (Wildman–Crippen LogP) is 4.43. The highest BCUT2D eigenvalue weighted by Gasteiger charge is 2.17. The van der Waals surface area contributed by atoms with Gasteiger partial charge in [-0.2, -0.15) is 5.26 Å². The summed E-state index contributed by atoms with van der Waals surface area (Å²) in [5.74, 6) is 0.111. The lowest BCUT2D eigenvalue weighted by Gasteiger charge is -2.10. The van der Waals surface area contributed by atoms with E-state index >= 15 is 0 Å². The molecular formula is C15H8Cl2FN3. The van der Waals surface area contributed by atoms with Gasteiger partial charge in [-0.3, -0.25) is 4.57 Å². The van der Waals surface area contributed by atoms with Gasteiger partial charge in [0, 0.05) is 5.02 Å². The highest BCUT2D eigenvalue weighted by molar-refractivity contribution is 6.30. The predicted molar refractivity (Wildman–Crippen MR) is 80.3 cm³/mol. The van der Waals surface area contributed by atoms with Crippen LogP contribution in [-0.2, 0) is 5.88 Å². The van der Waals surface area contributed by atoms with E-state index in [4.69, 9.17) is 23.2 Å². The minimum absolute atomic E-state index is 0.0888. The van der Waals surface area contributed by atoms with E-state index in [-0.39, 0.29) is 11.4 Å². The van der Waals surface area contributed by atoms with Crippen molar-refractivity contribution in [3.05, 3.63) is 58.6 Å². The molecule has 0 radical (unpaired) electrons. The van der Waals surface area contributed by atoms with Gasteiger partial charge in [-0.1, -0.05) is 17.7 Å². The van der Waals surface area contributed by atoms with Crippen molar-refractivity contribution in [1.82, 2.24) is 9.55 Å². The maximum atomic E-state index is 13.9. The largest absolute Gasteiger partial charge is 0.294 e. The molecule has 3 aromatic rings. The maximum absolute atomic E-state index is 13.9. The Morgan fingerprint density at radius 1 is 1.29 bits per heavy atom. The van der Waals surface area contributed by atoms with Gasteiger partial charge in [-0.05, 0) is 30.3 Å². The molecule has 0 aliphatic carbocycles. The molecule has 2 aromatic carbocycles. The van der Waals surface area contributed by atoms with Gasteiger partial charge in [-0.15, -0.1) is 11.6 Å². The van der Waals surface area contributed by atoms with Crippen LogP contribution in [0.25, 0.3) is 16.7 Å². The molecule has 104 valence electrons. The Morgan fingerprint density at radius 3 is 2.81 bits per heavy atom. The van der Waals surface area contributed by atoms with Gasteiger partial charge in [-0.25, -0.2) is 9.37 Å². The standard InChI is InChI=1S/C15H8Cl2FN3/c16-7-14-20-15-11(18)2-1-3-12(15)21(14)13-6-10(17)5-4-9(13)8-19/h1-6H,7H2. The van der Waals surface area contributed by atoms with Crippen LogP contribution in [0.4, 0.5) is 4.39 Å². The molecule has 1 aromatic heterocycles. The lowest BCUT2D eigenvalue weighted by molar-refractivity contribution is 0.637. The van der Waals surface area contributed by atoms with Gasteiger partial charge >= 0.3 is 0 Å². The van der Waals surface area contributed by atoms with E-state index in [1.807, 2.05) is 0 Å². The van der Waals surface area contributed by atoms with Crippen molar-refractivity contribution in [2.24, 2.45) is 0 Å². The van der Waals surface area contributed by atoms with Crippen molar-refractivity contribution in [3.8, 4) is 11.8 Å². The SMILES string of the molecule is N#Cc1ccc(Cl)cc1-n1c(CCl)nc2c(F)cccc21. The Balaban J connectivity index is 2.43. The van der Waals surface area contributed by atoms with Crippen molar-refractivity contribution in [1.29, 1.82) is 5.26 Å². The van der Waals surface area contributed by atoms with Crippen molar-refractivity contribution in [2.45, 2.75) is 5.88 Å². The van der Waals surface area contributed by atoms with E-state index in [9.17, 15) is 9.65 Å². The van der Waals surface area contributed by atoms with Gasteiger partial charge in [0.05, 0.1) is 22.6 Å². The topological polar surface area (TPSA) is 41.6 Å². The Bertz CT molecular complexity index is 880. The Kier molecular flexibility index (Phi) is 3.54. The van der Waals surface area contributed by atoms with Crippen molar-refractivity contribution >= 4 is 34.2 Å². The molecule has 0 saturated heterocycles. The van der Waals surface area contributed by atoms with E-state index in [0.29, 0.717) is 27.6 Å². The molecule has 0 aliphatic rings. The third kappa shape index (κ3) is 2.25. The number of aromatic nitrogens is 2. The van der Waals surface area contributed by atoms with E-state index in [0.717, 1.165) is 0 Å². The molecule has 6 heteroatoms. The Morgan fingerprint density at radius 2 is 2.10 bits per heavy atom. The molecule has 0 aliphatic heterocycles. The number of halogens is 3. The van der Waals surface area contributed by atoms with Gasteiger partial charge < -0.3 is 0 Å². The highest BCUT2D eigenvalue weighted by Crippen LogP contribution is 2.28. The van der Waals surface area contributed by atoms with Gasteiger partial charge in [0.25, 0.3) is 0 Å². The van der Waals surface area contributed by atoms with Crippen molar-refractivity contribution in [2.75, 3.05) is 0 Å². The Labute approximate surface area is 130 Å². The summed E-state index contributed by atoms with van der Waals surface area (Å²) in [5.41, 5.74) is 1.71. The van der Waals surface area contributed by atoms with Crippen LogP contribution in [-0.4, -0.2) is 9.55 Å². The monoisotopic (exact) mass is 319 g/mol. The van der Waals surface area contributed by atoms with Gasteiger partial charge in [0.2, 0.25) is 0 Å². The average Bonchev–Trinajstić information content (AvgIpc) is 2.87. The van der Waals surface area contributed by atoms with Gasteiger partial charge in [0.1, 0.15) is 17.4 Å². The summed E-state index contributed by atoms with van der Waals surface area (Å²) in [6, 6.07) is 11.6. The normalized spacial score (nSPS) is 10.8. The van der Waals surface area contributed by atoms with Crippen LogP contribution in [0.3, 0.4) is 0 Å². The fourth-order valence-corrected chi connectivity index (χ4v) is 2.60. The minimum atomic E-state index is -0.432. The lowest BCUT2D eigenvalue weighted by atomic mass is 10.2. The zero-order chi connectivity index (χ0) is 15.0. The summed E-state index contributed by atoms with van der Waals surface area (Å²) >= 11 is 11.9. The molecular weight excluding hydrogens is 312 g/mol. The van der Waals surface area contributed by atoms with Crippen LogP contribution in [0.15, 0.2) is 36.4 Å². The molecule has 3 rings (SSSR count). The first kappa shape index (κ1) is 13.9.